The Bertz CT molecular complexity index is 385. The molecule has 0 aliphatic carbocycles. The first-order valence-corrected chi connectivity index (χ1v) is 8.19. The Kier molecular flexibility index (Phi) is 6.06. The summed E-state index contributed by atoms with van der Waals surface area (Å²) in [4.78, 5) is 2.66. The van der Waals surface area contributed by atoms with Gasteiger partial charge in [-0.2, -0.15) is 0 Å². The average molecular weight is 274 g/mol. The van der Waals surface area contributed by atoms with E-state index >= 15 is 0 Å². The van der Waals surface area contributed by atoms with Crippen LogP contribution < -0.4 is 5.32 Å². The van der Waals surface area contributed by atoms with Crippen LogP contribution in [-0.4, -0.2) is 31.6 Å². The lowest BCUT2D eigenvalue weighted by atomic mass is 9.95. The molecule has 1 heterocycles. The molecule has 1 aliphatic heterocycles. The maximum atomic E-state index is 3.48. The van der Waals surface area contributed by atoms with E-state index in [0.717, 1.165) is 5.92 Å². The van der Waals surface area contributed by atoms with Crippen molar-refractivity contribution >= 4 is 0 Å². The third-order valence-corrected chi connectivity index (χ3v) is 4.74. The maximum Gasteiger partial charge on any atom is 0.0329 e. The zero-order chi connectivity index (χ0) is 14.4. The Hall–Kier alpha value is -0.860. The molecule has 1 aromatic carbocycles. The van der Waals surface area contributed by atoms with Gasteiger partial charge in [0.25, 0.3) is 0 Å². The third kappa shape index (κ3) is 4.32. The number of nitrogens with one attached hydrogen (secondary N) is 1. The van der Waals surface area contributed by atoms with Crippen LogP contribution in [0.4, 0.5) is 0 Å². The van der Waals surface area contributed by atoms with Crippen LogP contribution in [0.5, 0.6) is 0 Å². The van der Waals surface area contributed by atoms with E-state index in [1.165, 1.54) is 56.4 Å². The lowest BCUT2D eigenvalue weighted by Crippen LogP contribution is -2.37. The maximum absolute atomic E-state index is 3.48. The molecule has 0 bridgehead atoms. The van der Waals surface area contributed by atoms with Crippen LogP contribution in [-0.2, 0) is 0 Å². The Balaban J connectivity index is 1.85. The molecular weight excluding hydrogens is 244 g/mol. The van der Waals surface area contributed by atoms with Gasteiger partial charge in [-0.05, 0) is 57.8 Å². The van der Waals surface area contributed by atoms with Crippen molar-refractivity contribution in [1.82, 2.24) is 10.2 Å². The van der Waals surface area contributed by atoms with E-state index in [1.807, 2.05) is 0 Å². The summed E-state index contributed by atoms with van der Waals surface area (Å²) in [5.41, 5.74) is 2.76. The van der Waals surface area contributed by atoms with Crippen LogP contribution in [0.15, 0.2) is 24.3 Å². The molecule has 2 rings (SSSR count). The number of hydrogen-bond acceptors (Lipinski definition) is 2. The third-order valence-electron chi connectivity index (χ3n) is 4.74. The minimum Gasteiger partial charge on any atom is -0.313 e. The molecule has 2 unspecified atom stereocenters. The van der Waals surface area contributed by atoms with Gasteiger partial charge in [0.2, 0.25) is 0 Å². The van der Waals surface area contributed by atoms with Crippen molar-refractivity contribution in [2.24, 2.45) is 5.92 Å². The van der Waals surface area contributed by atoms with Crippen molar-refractivity contribution in [2.75, 3.05) is 26.7 Å². The van der Waals surface area contributed by atoms with Gasteiger partial charge in [-0.25, -0.2) is 0 Å². The second-order valence-electron chi connectivity index (χ2n) is 6.26. The highest BCUT2D eigenvalue weighted by atomic mass is 15.1. The zero-order valence-electron chi connectivity index (χ0n) is 13.4. The van der Waals surface area contributed by atoms with Gasteiger partial charge in [0.05, 0.1) is 0 Å². The van der Waals surface area contributed by atoms with Crippen molar-refractivity contribution in [1.29, 1.82) is 0 Å². The molecule has 0 radical (unpaired) electrons. The number of piperidine rings is 1. The van der Waals surface area contributed by atoms with Crippen LogP contribution in [0.3, 0.4) is 0 Å². The second kappa shape index (κ2) is 7.80. The first-order valence-electron chi connectivity index (χ1n) is 8.19. The number of nitrogens with zero attached hydrogens (tertiary/aromatic N) is 1. The van der Waals surface area contributed by atoms with Gasteiger partial charge in [0.1, 0.15) is 0 Å². The minimum atomic E-state index is 0.484. The van der Waals surface area contributed by atoms with Crippen LogP contribution in [0.2, 0.25) is 0 Å². The first kappa shape index (κ1) is 15.5. The van der Waals surface area contributed by atoms with Crippen LogP contribution in [0.1, 0.15) is 49.8 Å². The van der Waals surface area contributed by atoms with Gasteiger partial charge >= 0.3 is 0 Å². The first-order chi connectivity index (χ1) is 9.72. The highest BCUT2D eigenvalue weighted by molar-refractivity contribution is 5.24. The summed E-state index contributed by atoms with van der Waals surface area (Å²) in [6.07, 6.45) is 5.35. The van der Waals surface area contributed by atoms with Crippen LogP contribution in [0, 0.1) is 12.8 Å². The molecule has 1 fully saturated rings. The molecule has 1 aromatic rings. The summed E-state index contributed by atoms with van der Waals surface area (Å²) in [7, 11) is 2.08. The summed E-state index contributed by atoms with van der Waals surface area (Å²) < 4.78 is 0. The summed E-state index contributed by atoms with van der Waals surface area (Å²) >= 11 is 0. The van der Waals surface area contributed by atoms with E-state index in [9.17, 15) is 0 Å². The molecule has 1 N–H and O–H groups in total. The molecule has 1 saturated heterocycles. The quantitative estimate of drug-likeness (QED) is 0.849. The van der Waals surface area contributed by atoms with Crippen molar-refractivity contribution in [2.45, 2.75) is 45.6 Å². The summed E-state index contributed by atoms with van der Waals surface area (Å²) in [6.45, 7) is 8.30. The molecule has 2 atom stereocenters. The Morgan fingerprint density at radius 1 is 1.30 bits per heavy atom. The second-order valence-corrected chi connectivity index (χ2v) is 6.26. The normalized spacial score (nSPS) is 21.9. The minimum absolute atomic E-state index is 0.484. The van der Waals surface area contributed by atoms with Gasteiger partial charge in [-0.15, -0.1) is 0 Å². The fourth-order valence-electron chi connectivity index (χ4n) is 3.28. The summed E-state index contributed by atoms with van der Waals surface area (Å²) in [6, 6.07) is 9.45. The largest absolute Gasteiger partial charge is 0.313 e. The fourth-order valence-corrected chi connectivity index (χ4v) is 3.28. The van der Waals surface area contributed by atoms with Crippen molar-refractivity contribution in [3.63, 3.8) is 0 Å². The smallest absolute Gasteiger partial charge is 0.0329 e. The van der Waals surface area contributed by atoms with Gasteiger partial charge in [0, 0.05) is 12.6 Å². The van der Waals surface area contributed by atoms with Gasteiger partial charge in [-0.1, -0.05) is 43.2 Å². The van der Waals surface area contributed by atoms with Gasteiger partial charge < -0.3 is 10.2 Å². The average Bonchev–Trinajstić information content (AvgIpc) is 2.50. The fraction of sp³-hybridized carbons (Fsp3) is 0.667. The molecule has 0 amide bonds. The number of aryl methyl sites for hydroxylation is 1. The van der Waals surface area contributed by atoms with E-state index in [2.05, 4.69) is 55.4 Å². The van der Waals surface area contributed by atoms with Crippen LogP contribution in [0.25, 0.3) is 0 Å². The monoisotopic (exact) mass is 274 g/mol. The molecule has 2 nitrogen and oxygen atoms in total. The van der Waals surface area contributed by atoms with Gasteiger partial charge in [0.15, 0.2) is 0 Å². The Labute approximate surface area is 124 Å². The summed E-state index contributed by atoms with van der Waals surface area (Å²) in [5, 5.41) is 3.48. The Morgan fingerprint density at radius 2 is 2.05 bits per heavy atom. The molecule has 20 heavy (non-hydrogen) atoms. The van der Waals surface area contributed by atoms with Crippen molar-refractivity contribution in [3.8, 4) is 0 Å². The van der Waals surface area contributed by atoms with E-state index in [0.29, 0.717) is 6.04 Å². The SMILES string of the molecule is CCC1CCCN(CCC(NC)c2ccc(C)cc2)C1. The zero-order valence-corrected chi connectivity index (χ0v) is 13.4. The lowest BCUT2D eigenvalue weighted by Gasteiger charge is -2.33. The van der Waals surface area contributed by atoms with E-state index < -0.39 is 0 Å². The predicted octanol–water partition coefficient (Wildman–Crippen LogP) is 3.77. The number of rotatable bonds is 6. The molecule has 0 saturated carbocycles. The molecular formula is C18H30N2. The number of benzene rings is 1. The van der Waals surface area contributed by atoms with Crippen molar-refractivity contribution < 1.29 is 0 Å². The topological polar surface area (TPSA) is 15.3 Å². The predicted molar refractivity (Wildman–Crippen MR) is 87.1 cm³/mol. The lowest BCUT2D eigenvalue weighted by molar-refractivity contribution is 0.165. The van der Waals surface area contributed by atoms with Crippen LogP contribution >= 0.6 is 0 Å². The van der Waals surface area contributed by atoms with E-state index in [1.54, 1.807) is 0 Å². The van der Waals surface area contributed by atoms with Crippen molar-refractivity contribution in [3.05, 3.63) is 35.4 Å². The number of hydrogen-bond donors (Lipinski definition) is 1. The van der Waals surface area contributed by atoms with E-state index in [4.69, 9.17) is 0 Å². The number of likely N-dealkylation sites (tertiary alicyclic amines) is 1. The van der Waals surface area contributed by atoms with E-state index in [-0.39, 0.29) is 0 Å². The molecule has 2 heteroatoms. The Morgan fingerprint density at radius 3 is 2.70 bits per heavy atom. The molecule has 112 valence electrons. The highest BCUT2D eigenvalue weighted by Crippen LogP contribution is 2.22. The van der Waals surface area contributed by atoms with Gasteiger partial charge in [-0.3, -0.25) is 0 Å². The molecule has 1 aliphatic rings. The highest BCUT2D eigenvalue weighted by Gasteiger charge is 2.19. The summed E-state index contributed by atoms with van der Waals surface area (Å²) in [5.74, 6) is 0.927. The molecule has 0 spiro atoms. The standard InChI is InChI=1S/C18H30N2/c1-4-16-6-5-12-20(14-16)13-11-18(19-3)17-9-7-15(2)8-10-17/h7-10,16,18-19H,4-6,11-14H2,1-3H3. The molecule has 0 aromatic heterocycles.